The smallest absolute Gasteiger partial charge is 0.328 e. The summed E-state index contributed by atoms with van der Waals surface area (Å²) < 4.78 is 5.35. The average molecular weight is 324 g/mol. The van der Waals surface area contributed by atoms with Gasteiger partial charge in [0.15, 0.2) is 17.3 Å². The Morgan fingerprint density at radius 1 is 1.00 bits per heavy atom. The fourth-order valence-electron chi connectivity index (χ4n) is 2.25. The van der Waals surface area contributed by atoms with Crippen LogP contribution in [0.3, 0.4) is 0 Å². The average Bonchev–Trinajstić information content (AvgIpc) is 2.87. The van der Waals surface area contributed by atoms with Crippen LogP contribution in [0.1, 0.15) is 21.5 Å². The third kappa shape index (κ3) is 2.85. The Kier molecular flexibility index (Phi) is 3.79. The van der Waals surface area contributed by atoms with E-state index in [0.717, 1.165) is 6.08 Å². The van der Waals surface area contributed by atoms with Crippen molar-refractivity contribution in [1.29, 1.82) is 0 Å². The highest BCUT2D eigenvalue weighted by Gasteiger charge is 2.31. The second-order valence-electron chi connectivity index (χ2n) is 5.09. The fraction of sp³-hybridized carbons (Fsp3) is 0. The Labute approximate surface area is 136 Å². The van der Waals surface area contributed by atoms with Gasteiger partial charge in [-0.25, -0.2) is 4.79 Å². The third-order valence-electron chi connectivity index (χ3n) is 3.44. The molecular formula is C18H12O6. The summed E-state index contributed by atoms with van der Waals surface area (Å²) in [6, 6.07) is 9.40. The van der Waals surface area contributed by atoms with Crippen LogP contribution in [0.5, 0.6) is 17.2 Å². The molecular weight excluding hydrogens is 312 g/mol. The minimum Gasteiger partial charge on any atom is -0.504 e. The van der Waals surface area contributed by atoms with Crippen molar-refractivity contribution < 1.29 is 29.6 Å². The highest BCUT2D eigenvalue weighted by Crippen LogP contribution is 2.44. The maximum absolute atomic E-state index is 12.2. The number of aromatic hydroxyl groups is 2. The van der Waals surface area contributed by atoms with Gasteiger partial charge in [-0.05, 0) is 35.4 Å². The van der Waals surface area contributed by atoms with Crippen molar-refractivity contribution >= 4 is 23.9 Å². The molecule has 0 fully saturated rings. The second-order valence-corrected chi connectivity index (χ2v) is 5.09. The molecule has 0 saturated heterocycles. The van der Waals surface area contributed by atoms with E-state index in [-0.39, 0.29) is 22.8 Å². The summed E-state index contributed by atoms with van der Waals surface area (Å²) in [5, 5.41) is 27.8. The van der Waals surface area contributed by atoms with Crippen molar-refractivity contribution in [2.75, 3.05) is 0 Å². The molecule has 0 spiro atoms. The number of aliphatic carboxylic acids is 1. The number of carbonyl (C=O) groups excluding carboxylic acids is 1. The zero-order valence-corrected chi connectivity index (χ0v) is 12.3. The molecule has 120 valence electrons. The number of benzene rings is 2. The van der Waals surface area contributed by atoms with Crippen molar-refractivity contribution in [1.82, 2.24) is 0 Å². The van der Waals surface area contributed by atoms with Gasteiger partial charge in [0.2, 0.25) is 11.5 Å². The highest BCUT2D eigenvalue weighted by molar-refractivity contribution is 6.15. The summed E-state index contributed by atoms with van der Waals surface area (Å²) in [5.74, 6) is -2.30. The van der Waals surface area contributed by atoms with Gasteiger partial charge in [0.05, 0.1) is 5.56 Å². The lowest BCUT2D eigenvalue weighted by molar-refractivity contribution is -0.131. The predicted molar refractivity (Wildman–Crippen MR) is 85.8 cm³/mol. The molecule has 1 aliphatic rings. The number of ether oxygens (including phenoxy) is 1. The molecule has 0 aliphatic carbocycles. The lowest BCUT2D eigenvalue weighted by Gasteiger charge is -2.02. The Bertz CT molecular complexity index is 890. The molecule has 1 heterocycles. The van der Waals surface area contributed by atoms with Crippen LogP contribution in [0.2, 0.25) is 0 Å². The molecule has 0 radical (unpaired) electrons. The van der Waals surface area contributed by atoms with Gasteiger partial charge >= 0.3 is 5.97 Å². The van der Waals surface area contributed by atoms with Gasteiger partial charge in [-0.2, -0.15) is 0 Å². The number of fused-ring (bicyclic) bond motifs is 1. The largest absolute Gasteiger partial charge is 0.504 e. The van der Waals surface area contributed by atoms with Gasteiger partial charge < -0.3 is 20.1 Å². The number of rotatable bonds is 3. The first kappa shape index (κ1) is 15.4. The van der Waals surface area contributed by atoms with Crippen molar-refractivity contribution in [2.45, 2.75) is 0 Å². The van der Waals surface area contributed by atoms with Gasteiger partial charge in [-0.15, -0.1) is 0 Å². The second kappa shape index (κ2) is 5.92. The predicted octanol–water partition coefficient (Wildman–Crippen LogP) is 2.81. The minimum atomic E-state index is -1.04. The first-order chi connectivity index (χ1) is 11.5. The van der Waals surface area contributed by atoms with Crippen LogP contribution < -0.4 is 4.74 Å². The Hall–Kier alpha value is -3.54. The van der Waals surface area contributed by atoms with Crippen LogP contribution in [0.15, 0.2) is 48.2 Å². The van der Waals surface area contributed by atoms with Gasteiger partial charge in [0.1, 0.15) is 0 Å². The summed E-state index contributed by atoms with van der Waals surface area (Å²) in [5.41, 5.74) is 1.55. The van der Waals surface area contributed by atoms with Crippen LogP contribution in [0.25, 0.3) is 12.2 Å². The molecule has 0 atom stereocenters. The first-order valence-electron chi connectivity index (χ1n) is 6.96. The quantitative estimate of drug-likeness (QED) is 0.592. The van der Waals surface area contributed by atoms with Crippen molar-refractivity contribution in [3.63, 3.8) is 0 Å². The standard InChI is InChI=1S/C18H12O6/c19-13-7-6-12-16(22)14(24-18(12)17(13)23)9-11-3-1-10(2-4-11)5-8-15(20)21/h1-9,19,23H,(H,20,21)/b8-5+,14-9-. The van der Waals surface area contributed by atoms with Crippen LogP contribution in [-0.2, 0) is 4.79 Å². The third-order valence-corrected chi connectivity index (χ3v) is 3.44. The maximum Gasteiger partial charge on any atom is 0.328 e. The van der Waals surface area contributed by atoms with Crippen molar-refractivity contribution in [3.8, 4) is 17.2 Å². The van der Waals surface area contributed by atoms with E-state index in [2.05, 4.69) is 0 Å². The molecule has 2 aromatic rings. The molecule has 0 amide bonds. The fourth-order valence-corrected chi connectivity index (χ4v) is 2.25. The Morgan fingerprint density at radius 2 is 1.67 bits per heavy atom. The number of allylic oxidation sites excluding steroid dienone is 1. The monoisotopic (exact) mass is 324 g/mol. The van der Waals surface area contributed by atoms with E-state index in [9.17, 15) is 19.8 Å². The number of ketones is 1. The van der Waals surface area contributed by atoms with Crippen molar-refractivity contribution in [2.24, 2.45) is 0 Å². The first-order valence-corrected chi connectivity index (χ1v) is 6.96. The summed E-state index contributed by atoms with van der Waals surface area (Å²) in [4.78, 5) is 22.7. The molecule has 2 aromatic carbocycles. The van der Waals surface area contributed by atoms with E-state index in [1.807, 2.05) is 0 Å². The molecule has 0 unspecified atom stereocenters. The van der Waals surface area contributed by atoms with Gasteiger partial charge in [-0.3, -0.25) is 4.79 Å². The number of Topliss-reactive ketones (excluding diaryl/α,β-unsaturated/α-hetero) is 1. The summed E-state index contributed by atoms with van der Waals surface area (Å²) >= 11 is 0. The Morgan fingerprint density at radius 3 is 2.33 bits per heavy atom. The van der Waals surface area contributed by atoms with Gasteiger partial charge in [-0.1, -0.05) is 24.3 Å². The summed E-state index contributed by atoms with van der Waals surface area (Å²) in [6.45, 7) is 0. The maximum atomic E-state index is 12.2. The van der Waals surface area contributed by atoms with Crippen LogP contribution >= 0.6 is 0 Å². The molecule has 0 bridgehead atoms. The van der Waals surface area contributed by atoms with Crippen molar-refractivity contribution in [3.05, 3.63) is 64.9 Å². The number of phenols is 2. The number of phenolic OH excluding ortho intramolecular Hbond substituents is 2. The molecule has 3 rings (SSSR count). The van der Waals surface area contributed by atoms with E-state index in [4.69, 9.17) is 9.84 Å². The van der Waals surface area contributed by atoms with Gasteiger partial charge in [0.25, 0.3) is 0 Å². The molecule has 3 N–H and O–H groups in total. The molecule has 24 heavy (non-hydrogen) atoms. The molecule has 6 nitrogen and oxygen atoms in total. The van der Waals surface area contributed by atoms with E-state index < -0.39 is 17.5 Å². The Balaban J connectivity index is 1.87. The van der Waals surface area contributed by atoms with E-state index in [1.165, 1.54) is 24.3 Å². The van der Waals surface area contributed by atoms with Crippen LogP contribution in [0.4, 0.5) is 0 Å². The molecule has 0 aromatic heterocycles. The SMILES string of the molecule is O=C(O)/C=C/c1ccc(/C=C2\Oc3c(ccc(O)c3O)C2=O)cc1. The van der Waals surface area contributed by atoms with E-state index in [0.29, 0.717) is 11.1 Å². The molecule has 6 heteroatoms. The number of carbonyl (C=O) groups is 2. The van der Waals surface area contributed by atoms with Crippen LogP contribution in [-0.4, -0.2) is 27.1 Å². The number of carboxylic acid groups (broad SMARTS) is 1. The number of carboxylic acids is 1. The number of hydrogen-bond acceptors (Lipinski definition) is 5. The summed E-state index contributed by atoms with van der Waals surface area (Å²) in [7, 11) is 0. The van der Waals surface area contributed by atoms with E-state index >= 15 is 0 Å². The minimum absolute atomic E-state index is 0.0275. The normalized spacial score (nSPS) is 14.8. The number of hydrogen-bond donors (Lipinski definition) is 3. The van der Waals surface area contributed by atoms with Gasteiger partial charge in [0, 0.05) is 6.08 Å². The molecule has 1 aliphatic heterocycles. The zero-order chi connectivity index (χ0) is 17.3. The molecule has 0 saturated carbocycles. The van der Waals surface area contributed by atoms with E-state index in [1.54, 1.807) is 24.3 Å². The summed E-state index contributed by atoms with van der Waals surface area (Å²) in [6.07, 6.45) is 3.99. The zero-order valence-electron chi connectivity index (χ0n) is 12.3. The lowest BCUT2D eigenvalue weighted by Crippen LogP contribution is -1.97. The van der Waals surface area contributed by atoms with Crippen LogP contribution in [0, 0.1) is 0 Å². The highest BCUT2D eigenvalue weighted by atomic mass is 16.5. The lowest BCUT2D eigenvalue weighted by atomic mass is 10.1. The topological polar surface area (TPSA) is 104 Å².